The van der Waals surface area contributed by atoms with Gasteiger partial charge in [-0.25, -0.2) is 4.39 Å². The van der Waals surface area contributed by atoms with E-state index >= 15 is 0 Å². The minimum Gasteiger partial charge on any atom is -0.483 e. The van der Waals surface area contributed by atoms with Crippen LogP contribution in [0.4, 0.5) is 4.39 Å². The molecule has 1 aromatic heterocycles. The minimum absolute atomic E-state index is 0.167. The zero-order chi connectivity index (χ0) is 15.2. The molecule has 0 saturated carbocycles. The highest BCUT2D eigenvalue weighted by Gasteiger charge is 2.14. The first-order valence-corrected chi connectivity index (χ1v) is 7.56. The molecule has 0 atom stereocenters. The Hall–Kier alpha value is -1.82. The van der Waals surface area contributed by atoms with Crippen LogP contribution < -0.4 is 4.74 Å². The Morgan fingerprint density at radius 1 is 1.38 bits per heavy atom. The third-order valence-corrected chi connectivity index (χ3v) is 3.62. The van der Waals surface area contributed by atoms with Crippen LogP contribution in [0.3, 0.4) is 0 Å². The van der Waals surface area contributed by atoms with Crippen molar-refractivity contribution < 1.29 is 9.13 Å². The predicted octanol–water partition coefficient (Wildman–Crippen LogP) is 3.68. The van der Waals surface area contributed by atoms with Crippen molar-refractivity contribution in [2.75, 3.05) is 0 Å². The van der Waals surface area contributed by atoms with Crippen molar-refractivity contribution >= 4 is 11.8 Å². The summed E-state index contributed by atoms with van der Waals surface area (Å²) in [6, 6.07) is 6.31. The molecule has 0 bridgehead atoms. The van der Waals surface area contributed by atoms with Crippen LogP contribution in [-0.2, 0) is 13.2 Å². The molecular formula is C15H18FN3OS. The number of nitrogens with zero attached hydrogens (tertiary/aromatic N) is 3. The van der Waals surface area contributed by atoms with Crippen LogP contribution in [0.5, 0.6) is 5.75 Å². The van der Waals surface area contributed by atoms with Crippen molar-refractivity contribution in [1.29, 1.82) is 0 Å². The van der Waals surface area contributed by atoms with Gasteiger partial charge in [-0.1, -0.05) is 43.8 Å². The summed E-state index contributed by atoms with van der Waals surface area (Å²) in [7, 11) is 0. The van der Waals surface area contributed by atoms with Crippen LogP contribution in [0.2, 0.25) is 0 Å². The number of halogens is 1. The largest absolute Gasteiger partial charge is 0.483 e. The number of benzene rings is 1. The van der Waals surface area contributed by atoms with Gasteiger partial charge in [0.15, 0.2) is 22.5 Å². The summed E-state index contributed by atoms with van der Waals surface area (Å²) in [4.78, 5) is 0. The minimum atomic E-state index is -0.385. The Kier molecular flexibility index (Phi) is 5.38. The first-order valence-electron chi connectivity index (χ1n) is 6.68. The number of hydrogen-bond donors (Lipinski definition) is 0. The summed E-state index contributed by atoms with van der Waals surface area (Å²) < 4.78 is 20.9. The van der Waals surface area contributed by atoms with Gasteiger partial charge in [0.2, 0.25) is 0 Å². The van der Waals surface area contributed by atoms with Gasteiger partial charge in [-0.05, 0) is 12.1 Å². The second kappa shape index (κ2) is 7.26. The molecule has 1 heterocycles. The quantitative estimate of drug-likeness (QED) is 0.578. The molecule has 0 saturated heterocycles. The molecule has 4 nitrogen and oxygen atoms in total. The number of para-hydroxylation sites is 1. The lowest BCUT2D eigenvalue weighted by Gasteiger charge is -2.10. The molecule has 0 aliphatic rings. The Morgan fingerprint density at radius 2 is 2.14 bits per heavy atom. The lowest BCUT2D eigenvalue weighted by molar-refractivity contribution is 0.275. The Morgan fingerprint density at radius 3 is 2.81 bits per heavy atom. The second-order valence-electron chi connectivity index (χ2n) is 4.68. The summed E-state index contributed by atoms with van der Waals surface area (Å²) in [6.07, 6.45) is 1.78. The van der Waals surface area contributed by atoms with Gasteiger partial charge in [-0.3, -0.25) is 4.57 Å². The van der Waals surface area contributed by atoms with Crippen LogP contribution >= 0.6 is 11.8 Å². The Bertz CT molecular complexity index is 613. The van der Waals surface area contributed by atoms with E-state index in [1.54, 1.807) is 36.0 Å². The second-order valence-corrected chi connectivity index (χ2v) is 6.23. The first-order chi connectivity index (χ1) is 10.1. The summed E-state index contributed by atoms with van der Waals surface area (Å²) in [5.41, 5.74) is 0. The van der Waals surface area contributed by atoms with Gasteiger partial charge in [0.1, 0.15) is 6.61 Å². The molecule has 0 radical (unpaired) electrons. The number of rotatable bonds is 7. The molecular weight excluding hydrogens is 289 g/mol. The van der Waals surface area contributed by atoms with Gasteiger partial charge in [-0.2, -0.15) is 0 Å². The highest BCUT2D eigenvalue weighted by molar-refractivity contribution is 7.99. The van der Waals surface area contributed by atoms with Crippen molar-refractivity contribution in [2.24, 2.45) is 0 Å². The highest BCUT2D eigenvalue weighted by Crippen LogP contribution is 2.23. The molecule has 112 valence electrons. The van der Waals surface area contributed by atoms with Crippen molar-refractivity contribution in [3.05, 3.63) is 48.6 Å². The normalized spacial score (nSPS) is 10.9. The summed E-state index contributed by atoms with van der Waals surface area (Å²) in [5.74, 6) is 0.481. The molecule has 21 heavy (non-hydrogen) atoms. The topological polar surface area (TPSA) is 39.9 Å². The monoisotopic (exact) mass is 307 g/mol. The predicted molar refractivity (Wildman–Crippen MR) is 81.9 cm³/mol. The van der Waals surface area contributed by atoms with Crippen molar-refractivity contribution in [3.63, 3.8) is 0 Å². The van der Waals surface area contributed by atoms with E-state index in [4.69, 9.17) is 4.74 Å². The van der Waals surface area contributed by atoms with E-state index in [2.05, 4.69) is 30.6 Å². The van der Waals surface area contributed by atoms with E-state index in [1.807, 2.05) is 4.57 Å². The van der Waals surface area contributed by atoms with Crippen molar-refractivity contribution in [2.45, 2.75) is 37.4 Å². The van der Waals surface area contributed by atoms with E-state index in [1.165, 1.54) is 6.07 Å². The maximum atomic E-state index is 13.5. The van der Waals surface area contributed by atoms with Crippen LogP contribution in [0.15, 0.2) is 42.1 Å². The lowest BCUT2D eigenvalue weighted by atomic mass is 10.3. The van der Waals surface area contributed by atoms with E-state index < -0.39 is 0 Å². The van der Waals surface area contributed by atoms with Gasteiger partial charge < -0.3 is 4.74 Å². The molecule has 0 amide bonds. The maximum absolute atomic E-state index is 13.5. The number of hydrogen-bond acceptors (Lipinski definition) is 4. The molecule has 0 aliphatic heterocycles. The fourth-order valence-corrected chi connectivity index (χ4v) is 2.56. The zero-order valence-electron chi connectivity index (χ0n) is 12.1. The molecule has 6 heteroatoms. The van der Waals surface area contributed by atoms with Gasteiger partial charge in [0.25, 0.3) is 0 Å². The Balaban J connectivity index is 2.14. The standard InChI is InChI=1S/C15H18FN3OS/c1-4-9-19-14(17-18-15(19)21-11(2)3)10-20-13-8-6-5-7-12(13)16/h4-8,11H,1,9-10H2,2-3H3. The van der Waals surface area contributed by atoms with Crippen LogP contribution in [0, 0.1) is 5.82 Å². The third kappa shape index (κ3) is 4.07. The first kappa shape index (κ1) is 15.6. The maximum Gasteiger partial charge on any atom is 0.191 e. The smallest absolute Gasteiger partial charge is 0.191 e. The summed E-state index contributed by atoms with van der Waals surface area (Å²) in [5, 5.41) is 9.51. The van der Waals surface area contributed by atoms with Gasteiger partial charge in [0.05, 0.1) is 0 Å². The fourth-order valence-electron chi connectivity index (χ4n) is 1.74. The molecule has 0 spiro atoms. The molecule has 2 aromatic rings. The molecule has 2 rings (SSSR count). The van der Waals surface area contributed by atoms with Crippen LogP contribution in [0.25, 0.3) is 0 Å². The number of ether oxygens (including phenoxy) is 1. The number of aromatic nitrogens is 3. The Labute approximate surface area is 128 Å². The van der Waals surface area contributed by atoms with Crippen LogP contribution in [-0.4, -0.2) is 20.0 Å². The average Bonchev–Trinajstić information content (AvgIpc) is 2.80. The van der Waals surface area contributed by atoms with Crippen molar-refractivity contribution in [1.82, 2.24) is 14.8 Å². The highest BCUT2D eigenvalue weighted by atomic mass is 32.2. The molecule has 1 aromatic carbocycles. The lowest BCUT2D eigenvalue weighted by Crippen LogP contribution is -2.08. The summed E-state index contributed by atoms with van der Waals surface area (Å²) >= 11 is 1.62. The molecule has 0 fully saturated rings. The number of thioether (sulfide) groups is 1. The third-order valence-electron chi connectivity index (χ3n) is 2.64. The number of allylic oxidation sites excluding steroid dienone is 1. The summed E-state index contributed by atoms with van der Waals surface area (Å²) in [6.45, 7) is 8.69. The van der Waals surface area contributed by atoms with E-state index in [-0.39, 0.29) is 18.2 Å². The van der Waals surface area contributed by atoms with Gasteiger partial charge in [-0.15, -0.1) is 16.8 Å². The van der Waals surface area contributed by atoms with Crippen LogP contribution in [0.1, 0.15) is 19.7 Å². The van der Waals surface area contributed by atoms with E-state index in [0.717, 1.165) is 5.16 Å². The SMILES string of the molecule is C=CCn1c(COc2ccccc2F)nnc1SC(C)C. The zero-order valence-corrected chi connectivity index (χ0v) is 12.9. The average molecular weight is 307 g/mol. The molecule has 0 aliphatic carbocycles. The van der Waals surface area contributed by atoms with Gasteiger partial charge in [0, 0.05) is 11.8 Å². The van der Waals surface area contributed by atoms with E-state index in [0.29, 0.717) is 17.6 Å². The molecule has 0 unspecified atom stereocenters. The van der Waals surface area contributed by atoms with Gasteiger partial charge >= 0.3 is 0 Å². The van der Waals surface area contributed by atoms with Crippen molar-refractivity contribution in [3.8, 4) is 5.75 Å². The fraction of sp³-hybridized carbons (Fsp3) is 0.333. The molecule has 0 N–H and O–H groups in total. The van der Waals surface area contributed by atoms with E-state index in [9.17, 15) is 4.39 Å².